The normalized spacial score (nSPS) is 10.8. The van der Waals surface area contributed by atoms with Crippen LogP contribution in [-0.4, -0.2) is 17.3 Å². The minimum atomic E-state index is 0.334. The van der Waals surface area contributed by atoms with E-state index < -0.39 is 0 Å². The first-order valence-electron chi connectivity index (χ1n) is 6.31. The summed E-state index contributed by atoms with van der Waals surface area (Å²) in [6.45, 7) is 6.51. The summed E-state index contributed by atoms with van der Waals surface area (Å²) < 4.78 is 0. The predicted octanol–water partition coefficient (Wildman–Crippen LogP) is 4.06. The monoisotopic (exact) mass is 250 g/mol. The van der Waals surface area contributed by atoms with Crippen molar-refractivity contribution in [1.82, 2.24) is 0 Å². The fourth-order valence-electron chi connectivity index (χ4n) is 1.63. The van der Waals surface area contributed by atoms with Gasteiger partial charge in [0.05, 0.1) is 5.75 Å². The van der Waals surface area contributed by atoms with Crippen LogP contribution in [0.2, 0.25) is 0 Å². The first-order valence-corrected chi connectivity index (χ1v) is 7.47. The Morgan fingerprint density at radius 3 is 2.41 bits per heavy atom. The molecule has 1 aromatic rings. The summed E-state index contributed by atoms with van der Waals surface area (Å²) in [6, 6.07) is 8.42. The molecule has 17 heavy (non-hydrogen) atoms. The van der Waals surface area contributed by atoms with Gasteiger partial charge in [-0.15, -0.1) is 0 Å². The Bertz CT molecular complexity index is 340. The number of hydrogen-bond donors (Lipinski definition) is 0. The van der Waals surface area contributed by atoms with Gasteiger partial charge in [-0.1, -0.05) is 45.0 Å². The molecule has 0 saturated heterocycles. The molecular formula is C15H22OS. The summed E-state index contributed by atoms with van der Waals surface area (Å²) in [4.78, 5) is 11.7. The molecule has 0 unspecified atom stereocenters. The first kappa shape index (κ1) is 14.3. The minimum absolute atomic E-state index is 0.334. The van der Waals surface area contributed by atoms with E-state index in [-0.39, 0.29) is 0 Å². The van der Waals surface area contributed by atoms with E-state index in [0.29, 0.717) is 23.9 Å². The molecule has 0 saturated carbocycles. The maximum atomic E-state index is 11.7. The van der Waals surface area contributed by atoms with E-state index in [4.69, 9.17) is 0 Å². The van der Waals surface area contributed by atoms with Gasteiger partial charge in [-0.25, -0.2) is 0 Å². The van der Waals surface area contributed by atoms with Gasteiger partial charge in [0.15, 0.2) is 0 Å². The molecule has 0 radical (unpaired) electrons. The van der Waals surface area contributed by atoms with E-state index in [9.17, 15) is 4.79 Å². The average molecular weight is 250 g/mol. The number of rotatable bonds is 7. The van der Waals surface area contributed by atoms with Crippen molar-refractivity contribution in [1.29, 1.82) is 0 Å². The summed E-state index contributed by atoms with van der Waals surface area (Å²) >= 11 is 1.74. The second-order valence-corrected chi connectivity index (χ2v) is 5.77. The Balaban J connectivity index is 2.43. The highest BCUT2D eigenvalue weighted by Crippen LogP contribution is 2.15. The molecule has 0 atom stereocenters. The lowest BCUT2D eigenvalue weighted by Gasteiger charge is -2.06. The second kappa shape index (κ2) is 7.54. The van der Waals surface area contributed by atoms with Gasteiger partial charge in [0.25, 0.3) is 0 Å². The van der Waals surface area contributed by atoms with Gasteiger partial charge in [0.1, 0.15) is 5.78 Å². The van der Waals surface area contributed by atoms with Crippen LogP contribution in [0.25, 0.3) is 0 Å². The Morgan fingerprint density at radius 1 is 1.24 bits per heavy atom. The standard InChI is InChI=1S/C15H22OS/c1-4-9-17-11-15(16)10-13-5-7-14(8-6-13)12(2)3/h5-8,12H,4,9-11H2,1-3H3. The third-order valence-corrected chi connectivity index (χ3v) is 3.88. The zero-order valence-corrected chi connectivity index (χ0v) is 11.8. The highest BCUT2D eigenvalue weighted by molar-refractivity contribution is 7.99. The molecule has 0 N–H and O–H groups in total. The summed E-state index contributed by atoms with van der Waals surface area (Å²) in [5, 5.41) is 0. The smallest absolute Gasteiger partial charge is 0.147 e. The van der Waals surface area contributed by atoms with Crippen LogP contribution in [0.15, 0.2) is 24.3 Å². The van der Waals surface area contributed by atoms with Crippen molar-refractivity contribution in [2.75, 3.05) is 11.5 Å². The Kier molecular flexibility index (Phi) is 6.35. The first-order chi connectivity index (χ1) is 8.13. The van der Waals surface area contributed by atoms with Crippen LogP contribution in [0.4, 0.5) is 0 Å². The zero-order valence-electron chi connectivity index (χ0n) is 11.0. The van der Waals surface area contributed by atoms with E-state index in [2.05, 4.69) is 45.0 Å². The van der Waals surface area contributed by atoms with Crippen LogP contribution in [0.1, 0.15) is 44.2 Å². The third kappa shape index (κ3) is 5.40. The summed E-state index contributed by atoms with van der Waals surface area (Å²) in [7, 11) is 0. The van der Waals surface area contributed by atoms with Crippen molar-refractivity contribution in [3.63, 3.8) is 0 Å². The molecule has 1 aromatic carbocycles. The molecule has 0 spiro atoms. The van der Waals surface area contributed by atoms with Crippen LogP contribution >= 0.6 is 11.8 Å². The molecule has 0 aliphatic heterocycles. The molecule has 94 valence electrons. The lowest BCUT2D eigenvalue weighted by atomic mass is 10.0. The van der Waals surface area contributed by atoms with Crippen molar-refractivity contribution in [3.05, 3.63) is 35.4 Å². The van der Waals surface area contributed by atoms with E-state index in [1.54, 1.807) is 11.8 Å². The number of ketones is 1. The van der Waals surface area contributed by atoms with Gasteiger partial charge >= 0.3 is 0 Å². The number of carbonyl (C=O) groups is 1. The molecular weight excluding hydrogens is 228 g/mol. The van der Waals surface area contributed by atoms with Gasteiger partial charge in [0, 0.05) is 6.42 Å². The number of carbonyl (C=O) groups excluding carboxylic acids is 1. The van der Waals surface area contributed by atoms with E-state index in [1.807, 2.05) is 0 Å². The van der Waals surface area contributed by atoms with Gasteiger partial charge in [-0.3, -0.25) is 4.79 Å². The van der Waals surface area contributed by atoms with E-state index in [1.165, 1.54) is 5.56 Å². The maximum absolute atomic E-state index is 11.7. The van der Waals surface area contributed by atoms with Crippen LogP contribution in [0.5, 0.6) is 0 Å². The molecule has 0 heterocycles. The van der Waals surface area contributed by atoms with Gasteiger partial charge in [-0.2, -0.15) is 11.8 Å². The van der Waals surface area contributed by atoms with Crippen LogP contribution in [0, 0.1) is 0 Å². The van der Waals surface area contributed by atoms with Crippen LogP contribution < -0.4 is 0 Å². The topological polar surface area (TPSA) is 17.1 Å². The fraction of sp³-hybridized carbons (Fsp3) is 0.533. The van der Waals surface area contributed by atoms with Crippen molar-refractivity contribution in [3.8, 4) is 0 Å². The van der Waals surface area contributed by atoms with Crippen molar-refractivity contribution in [2.45, 2.75) is 39.5 Å². The van der Waals surface area contributed by atoms with Crippen molar-refractivity contribution >= 4 is 17.5 Å². The Morgan fingerprint density at radius 2 is 1.88 bits per heavy atom. The van der Waals surface area contributed by atoms with E-state index in [0.717, 1.165) is 17.7 Å². The quantitative estimate of drug-likeness (QED) is 0.679. The zero-order chi connectivity index (χ0) is 12.7. The molecule has 0 aromatic heterocycles. The fourth-order valence-corrected chi connectivity index (χ4v) is 2.39. The summed E-state index contributed by atoms with van der Waals surface area (Å²) in [6.07, 6.45) is 1.72. The highest BCUT2D eigenvalue weighted by atomic mass is 32.2. The predicted molar refractivity (Wildman–Crippen MR) is 76.9 cm³/mol. The SMILES string of the molecule is CCCSCC(=O)Cc1ccc(C(C)C)cc1. The number of thioether (sulfide) groups is 1. The molecule has 2 heteroatoms. The number of Topliss-reactive ketones (excluding diaryl/α,β-unsaturated/α-hetero) is 1. The number of benzene rings is 1. The van der Waals surface area contributed by atoms with Gasteiger partial charge in [-0.05, 0) is 29.2 Å². The molecule has 0 amide bonds. The Hall–Kier alpha value is -0.760. The maximum Gasteiger partial charge on any atom is 0.147 e. The minimum Gasteiger partial charge on any atom is -0.298 e. The third-order valence-electron chi connectivity index (χ3n) is 2.66. The Labute approximate surface area is 109 Å². The second-order valence-electron chi connectivity index (χ2n) is 4.66. The van der Waals surface area contributed by atoms with Crippen LogP contribution in [-0.2, 0) is 11.2 Å². The molecule has 1 nitrogen and oxygen atoms in total. The van der Waals surface area contributed by atoms with Crippen molar-refractivity contribution < 1.29 is 4.79 Å². The summed E-state index contributed by atoms with van der Waals surface area (Å²) in [5.41, 5.74) is 2.47. The lowest BCUT2D eigenvalue weighted by Crippen LogP contribution is -2.06. The number of hydrogen-bond acceptors (Lipinski definition) is 2. The van der Waals surface area contributed by atoms with Crippen molar-refractivity contribution in [2.24, 2.45) is 0 Å². The average Bonchev–Trinajstić information content (AvgIpc) is 2.30. The largest absolute Gasteiger partial charge is 0.298 e. The molecule has 0 bridgehead atoms. The van der Waals surface area contributed by atoms with E-state index >= 15 is 0 Å². The molecule has 0 aliphatic carbocycles. The van der Waals surface area contributed by atoms with Gasteiger partial charge in [0.2, 0.25) is 0 Å². The lowest BCUT2D eigenvalue weighted by molar-refractivity contribution is -0.116. The molecule has 0 aliphatic rings. The summed E-state index contributed by atoms with van der Waals surface area (Å²) in [5.74, 6) is 2.62. The van der Waals surface area contributed by atoms with Crippen LogP contribution in [0.3, 0.4) is 0 Å². The highest BCUT2D eigenvalue weighted by Gasteiger charge is 2.04. The van der Waals surface area contributed by atoms with Gasteiger partial charge < -0.3 is 0 Å². The molecule has 0 fully saturated rings. The molecule has 1 rings (SSSR count).